The molecule has 0 aromatic heterocycles. The van der Waals surface area contributed by atoms with E-state index < -0.39 is 0 Å². The molecule has 1 atom stereocenters. The normalized spacial score (nSPS) is 11.0. The summed E-state index contributed by atoms with van der Waals surface area (Å²) in [5, 5.41) is 1.09. The van der Waals surface area contributed by atoms with E-state index in [9.17, 15) is 4.79 Å². The second-order valence-corrected chi connectivity index (χ2v) is 8.15. The van der Waals surface area contributed by atoms with E-state index in [1.54, 1.807) is 0 Å². The number of rotatable bonds is 6. The van der Waals surface area contributed by atoms with E-state index in [0.29, 0.717) is 12.5 Å². The molecule has 0 radical (unpaired) electrons. The van der Waals surface area contributed by atoms with Gasteiger partial charge in [-0.15, -0.1) is 0 Å². The van der Waals surface area contributed by atoms with Gasteiger partial charge < -0.3 is 4.74 Å². The molecule has 2 nitrogen and oxygen atoms in total. The van der Waals surface area contributed by atoms with Crippen molar-refractivity contribution in [3.8, 4) is 5.75 Å². The van der Waals surface area contributed by atoms with Crippen molar-refractivity contribution in [3.63, 3.8) is 0 Å². The molecule has 2 aromatic rings. The second-order valence-electron chi connectivity index (χ2n) is 6.91. The Kier molecular flexibility index (Phi) is 8.43. The summed E-state index contributed by atoms with van der Waals surface area (Å²) in [4.78, 5) is 12.8. The Bertz CT molecular complexity index is 731. The third-order valence-electron chi connectivity index (χ3n) is 3.93. The third-order valence-corrected chi connectivity index (χ3v) is 5.24. The standard InChI is InChI=1S/C21H27O2P.Li.H/c1-13(2)12-23-18-7-8-19(15(4)11-18)24-21(22)20-16(5)9-14(3)10-17(20)6;;/h7-11,13,24H,12H2,1-6H3;;. The number of hydrogen-bond donors (Lipinski definition) is 0. The fourth-order valence-corrected chi connectivity index (χ4v) is 4.05. The van der Waals surface area contributed by atoms with Gasteiger partial charge in [-0.3, -0.25) is 4.79 Å². The van der Waals surface area contributed by atoms with Crippen molar-refractivity contribution < 1.29 is 9.53 Å². The van der Waals surface area contributed by atoms with Crippen LogP contribution in [0.5, 0.6) is 5.75 Å². The quantitative estimate of drug-likeness (QED) is 0.568. The number of benzene rings is 2. The summed E-state index contributed by atoms with van der Waals surface area (Å²) in [6.45, 7) is 13.1. The molecule has 4 heteroatoms. The summed E-state index contributed by atoms with van der Waals surface area (Å²) < 4.78 is 5.76. The Labute approximate surface area is 165 Å². The van der Waals surface area contributed by atoms with Gasteiger partial charge in [0.05, 0.1) is 6.61 Å². The van der Waals surface area contributed by atoms with Crippen LogP contribution in [0.2, 0.25) is 0 Å². The van der Waals surface area contributed by atoms with E-state index in [0.717, 1.165) is 33.3 Å². The zero-order chi connectivity index (χ0) is 17.9. The van der Waals surface area contributed by atoms with Gasteiger partial charge in [0.1, 0.15) is 5.75 Å². The summed E-state index contributed by atoms with van der Waals surface area (Å²) in [6, 6.07) is 10.2. The summed E-state index contributed by atoms with van der Waals surface area (Å²) in [5.74, 6) is 1.38. The van der Waals surface area contributed by atoms with Gasteiger partial charge in [0, 0.05) is 5.56 Å². The molecular weight excluding hydrogens is 322 g/mol. The summed E-state index contributed by atoms with van der Waals surface area (Å²) in [6.07, 6.45) is 0. The zero-order valence-electron chi connectivity index (χ0n) is 15.5. The molecule has 130 valence electrons. The van der Waals surface area contributed by atoms with Crippen LogP contribution >= 0.6 is 8.58 Å². The summed E-state index contributed by atoms with van der Waals surface area (Å²) in [7, 11) is 0.143. The molecule has 0 aliphatic carbocycles. The van der Waals surface area contributed by atoms with Gasteiger partial charge in [-0.25, -0.2) is 0 Å². The number of aryl methyl sites for hydroxylation is 4. The monoisotopic (exact) mass is 350 g/mol. The molecule has 0 heterocycles. The first-order chi connectivity index (χ1) is 11.3. The van der Waals surface area contributed by atoms with Gasteiger partial charge in [0.25, 0.3) is 0 Å². The van der Waals surface area contributed by atoms with Crippen LogP contribution in [0, 0.1) is 33.6 Å². The molecule has 0 aliphatic rings. The van der Waals surface area contributed by atoms with E-state index in [2.05, 4.69) is 32.9 Å². The Balaban J connectivity index is 0.00000312. The predicted molar refractivity (Wildman–Crippen MR) is 112 cm³/mol. The molecule has 2 rings (SSSR count). The number of carbonyl (C=O) groups excluding carboxylic acids is 1. The fraction of sp³-hybridized carbons (Fsp3) is 0.381. The third kappa shape index (κ3) is 6.00. The van der Waals surface area contributed by atoms with E-state index in [1.807, 2.05) is 39.0 Å². The molecular formula is C21H28LiO2P. The minimum atomic E-state index is 0. The summed E-state index contributed by atoms with van der Waals surface area (Å²) in [5.41, 5.74) is 5.54. The molecule has 0 saturated heterocycles. The average Bonchev–Trinajstić information content (AvgIpc) is 2.46. The average molecular weight is 350 g/mol. The molecule has 0 saturated carbocycles. The molecule has 0 amide bonds. The number of ether oxygens (including phenoxy) is 1. The van der Waals surface area contributed by atoms with Crippen molar-refractivity contribution in [2.75, 3.05) is 6.61 Å². The number of hydrogen-bond acceptors (Lipinski definition) is 2. The maximum absolute atomic E-state index is 12.8. The van der Waals surface area contributed by atoms with E-state index in [1.165, 1.54) is 5.56 Å². The van der Waals surface area contributed by atoms with Gasteiger partial charge >= 0.3 is 18.9 Å². The minimum absolute atomic E-state index is 0. The van der Waals surface area contributed by atoms with Gasteiger partial charge in [0.15, 0.2) is 5.52 Å². The molecule has 0 bridgehead atoms. The Morgan fingerprint density at radius 2 is 1.60 bits per heavy atom. The van der Waals surface area contributed by atoms with Crippen molar-refractivity contribution in [3.05, 3.63) is 58.1 Å². The molecule has 0 fully saturated rings. The van der Waals surface area contributed by atoms with Crippen molar-refractivity contribution in [1.82, 2.24) is 0 Å². The zero-order valence-corrected chi connectivity index (χ0v) is 16.5. The first kappa shape index (κ1) is 22.0. The predicted octanol–water partition coefficient (Wildman–Crippen LogP) is 4.45. The van der Waals surface area contributed by atoms with Crippen molar-refractivity contribution in [2.45, 2.75) is 41.5 Å². The molecule has 25 heavy (non-hydrogen) atoms. The second kappa shape index (κ2) is 9.58. The van der Waals surface area contributed by atoms with Crippen LogP contribution in [0.1, 0.15) is 46.5 Å². The van der Waals surface area contributed by atoms with Gasteiger partial charge in [-0.2, -0.15) is 0 Å². The Morgan fingerprint density at radius 1 is 1.00 bits per heavy atom. The van der Waals surface area contributed by atoms with E-state index in [-0.39, 0.29) is 33.0 Å². The number of carbonyl (C=O) groups is 1. The van der Waals surface area contributed by atoms with Crippen LogP contribution in [0.4, 0.5) is 0 Å². The molecule has 0 N–H and O–H groups in total. The van der Waals surface area contributed by atoms with Gasteiger partial charge in [-0.05, 0) is 76.3 Å². The first-order valence-electron chi connectivity index (χ1n) is 8.40. The van der Waals surface area contributed by atoms with Crippen LogP contribution < -0.4 is 10.0 Å². The van der Waals surface area contributed by atoms with Crippen LogP contribution in [-0.2, 0) is 0 Å². The molecule has 0 aliphatic heterocycles. The van der Waals surface area contributed by atoms with Crippen LogP contribution in [0.3, 0.4) is 0 Å². The van der Waals surface area contributed by atoms with Crippen molar-refractivity contribution in [2.24, 2.45) is 5.92 Å². The van der Waals surface area contributed by atoms with Crippen LogP contribution in [0.25, 0.3) is 0 Å². The summed E-state index contributed by atoms with van der Waals surface area (Å²) >= 11 is 0. The Hall–Kier alpha value is -1.06. The van der Waals surface area contributed by atoms with Crippen molar-refractivity contribution in [1.29, 1.82) is 0 Å². The molecule has 1 unspecified atom stereocenters. The maximum atomic E-state index is 12.8. The van der Waals surface area contributed by atoms with Crippen LogP contribution in [-0.4, -0.2) is 31.0 Å². The van der Waals surface area contributed by atoms with E-state index in [4.69, 9.17) is 4.74 Å². The fourth-order valence-electron chi connectivity index (χ4n) is 2.85. The topological polar surface area (TPSA) is 26.3 Å². The van der Waals surface area contributed by atoms with Crippen LogP contribution in [0.15, 0.2) is 30.3 Å². The molecule has 0 spiro atoms. The van der Waals surface area contributed by atoms with Gasteiger partial charge in [0.2, 0.25) is 0 Å². The Morgan fingerprint density at radius 3 is 2.12 bits per heavy atom. The molecule has 2 aromatic carbocycles. The first-order valence-corrected chi connectivity index (χ1v) is 9.40. The van der Waals surface area contributed by atoms with E-state index >= 15 is 0 Å². The van der Waals surface area contributed by atoms with Gasteiger partial charge in [-0.1, -0.05) is 37.6 Å². The SMILES string of the molecule is Cc1cc(C)c(C(=O)Pc2ccc(OCC(C)C)cc2C)c(C)c1.[LiH]. The van der Waals surface area contributed by atoms with Crippen molar-refractivity contribution >= 4 is 38.3 Å².